The summed E-state index contributed by atoms with van der Waals surface area (Å²) in [5.41, 5.74) is 0.369. The molecule has 1 saturated carbocycles. The summed E-state index contributed by atoms with van der Waals surface area (Å²) < 4.78 is 4.92. The van der Waals surface area contributed by atoms with Gasteiger partial charge >= 0.3 is 5.97 Å². The lowest BCUT2D eigenvalue weighted by Crippen LogP contribution is -2.23. The first-order valence-electron chi connectivity index (χ1n) is 6.28. The number of aromatic amines is 1. The minimum absolute atomic E-state index is 0.0108. The van der Waals surface area contributed by atoms with Crippen molar-refractivity contribution in [2.24, 2.45) is 11.8 Å². The Morgan fingerprint density at radius 1 is 1.56 bits per heavy atom. The fourth-order valence-corrected chi connectivity index (χ4v) is 1.90. The van der Waals surface area contributed by atoms with Crippen LogP contribution in [-0.4, -0.2) is 23.5 Å². The summed E-state index contributed by atoms with van der Waals surface area (Å²) in [6.07, 6.45) is 3.84. The second-order valence-electron chi connectivity index (χ2n) is 4.60. The quantitative estimate of drug-likeness (QED) is 0.787. The van der Waals surface area contributed by atoms with Gasteiger partial charge in [-0.2, -0.15) is 0 Å². The summed E-state index contributed by atoms with van der Waals surface area (Å²) in [6, 6.07) is 1.61. The van der Waals surface area contributed by atoms with Crippen molar-refractivity contribution in [3.63, 3.8) is 0 Å². The maximum atomic E-state index is 11.9. The van der Waals surface area contributed by atoms with E-state index in [4.69, 9.17) is 4.74 Å². The van der Waals surface area contributed by atoms with E-state index in [1.807, 2.05) is 6.92 Å². The summed E-state index contributed by atoms with van der Waals surface area (Å²) in [5, 5.41) is 2.76. The molecule has 0 bridgehead atoms. The number of ether oxygens (including phenoxy) is 1. The van der Waals surface area contributed by atoms with Gasteiger partial charge in [-0.15, -0.1) is 0 Å². The van der Waals surface area contributed by atoms with Gasteiger partial charge in [-0.25, -0.2) is 4.79 Å². The molecule has 1 aromatic rings. The molecule has 2 N–H and O–H groups in total. The average Bonchev–Trinajstić information content (AvgIpc) is 3.09. The zero-order chi connectivity index (χ0) is 13.1. The third kappa shape index (κ3) is 2.72. The van der Waals surface area contributed by atoms with Crippen LogP contribution in [0.25, 0.3) is 0 Å². The Kier molecular flexibility index (Phi) is 3.69. The van der Waals surface area contributed by atoms with E-state index in [-0.39, 0.29) is 11.8 Å². The SMILES string of the molecule is CCOC(=O)c1cc[nH]c1NC(=O)C(C)C1CC1. The van der Waals surface area contributed by atoms with E-state index in [9.17, 15) is 9.59 Å². The van der Waals surface area contributed by atoms with Crippen molar-refractivity contribution in [3.05, 3.63) is 17.8 Å². The number of rotatable bonds is 5. The van der Waals surface area contributed by atoms with Gasteiger partial charge in [0.05, 0.1) is 6.61 Å². The standard InChI is InChI=1S/C13H18N2O3/c1-3-18-13(17)10-6-7-14-11(10)15-12(16)8(2)9-4-5-9/h6-9,14H,3-5H2,1-2H3,(H,15,16). The second-order valence-corrected chi connectivity index (χ2v) is 4.60. The molecule has 1 aromatic heterocycles. The Morgan fingerprint density at radius 3 is 2.89 bits per heavy atom. The Bertz CT molecular complexity index is 449. The number of H-pyrrole nitrogens is 1. The normalized spacial score (nSPS) is 16.1. The molecule has 0 spiro atoms. The molecule has 0 aromatic carbocycles. The molecule has 1 fully saturated rings. The monoisotopic (exact) mass is 250 g/mol. The lowest BCUT2D eigenvalue weighted by molar-refractivity contribution is -0.119. The molecule has 18 heavy (non-hydrogen) atoms. The van der Waals surface area contributed by atoms with Crippen LogP contribution < -0.4 is 5.32 Å². The summed E-state index contributed by atoms with van der Waals surface area (Å²) in [7, 11) is 0. The van der Waals surface area contributed by atoms with Gasteiger partial charge in [0, 0.05) is 12.1 Å². The molecule has 5 heteroatoms. The lowest BCUT2D eigenvalue weighted by Gasteiger charge is -2.11. The van der Waals surface area contributed by atoms with E-state index >= 15 is 0 Å². The molecule has 1 amide bonds. The van der Waals surface area contributed by atoms with Crippen LogP contribution >= 0.6 is 0 Å². The van der Waals surface area contributed by atoms with Crippen LogP contribution in [0, 0.1) is 11.8 Å². The fraction of sp³-hybridized carbons (Fsp3) is 0.538. The zero-order valence-electron chi connectivity index (χ0n) is 10.7. The van der Waals surface area contributed by atoms with Crippen molar-refractivity contribution in [2.75, 3.05) is 11.9 Å². The number of esters is 1. The summed E-state index contributed by atoms with van der Waals surface area (Å²) in [6.45, 7) is 3.98. The largest absolute Gasteiger partial charge is 0.462 e. The van der Waals surface area contributed by atoms with E-state index in [1.165, 1.54) is 0 Å². The number of anilines is 1. The van der Waals surface area contributed by atoms with Gasteiger partial charge < -0.3 is 15.0 Å². The smallest absolute Gasteiger partial charge is 0.341 e. The summed E-state index contributed by atoms with van der Waals surface area (Å²) >= 11 is 0. The van der Waals surface area contributed by atoms with E-state index in [1.54, 1.807) is 19.2 Å². The van der Waals surface area contributed by atoms with Gasteiger partial charge in [0.1, 0.15) is 11.4 Å². The molecule has 1 aliphatic carbocycles. The van der Waals surface area contributed by atoms with Gasteiger partial charge in [0.2, 0.25) is 5.91 Å². The molecule has 0 saturated heterocycles. The molecule has 1 aliphatic rings. The molecule has 0 aliphatic heterocycles. The maximum absolute atomic E-state index is 11.9. The van der Waals surface area contributed by atoms with Crippen LogP contribution in [0.15, 0.2) is 12.3 Å². The Hall–Kier alpha value is -1.78. The minimum atomic E-state index is -0.423. The number of amides is 1. The van der Waals surface area contributed by atoms with Crippen LogP contribution in [0.4, 0.5) is 5.82 Å². The molecular weight excluding hydrogens is 232 g/mol. The first-order chi connectivity index (χ1) is 8.63. The van der Waals surface area contributed by atoms with Gasteiger partial charge in [0.15, 0.2) is 0 Å². The van der Waals surface area contributed by atoms with Crippen molar-refractivity contribution in [1.29, 1.82) is 0 Å². The highest BCUT2D eigenvalue weighted by molar-refractivity contribution is 6.00. The van der Waals surface area contributed by atoms with Crippen LogP contribution in [0.5, 0.6) is 0 Å². The molecule has 1 atom stereocenters. The highest BCUT2D eigenvalue weighted by atomic mass is 16.5. The Morgan fingerprint density at radius 2 is 2.28 bits per heavy atom. The van der Waals surface area contributed by atoms with Gasteiger partial charge in [-0.1, -0.05) is 6.92 Å². The summed E-state index contributed by atoms with van der Waals surface area (Å²) in [4.78, 5) is 26.4. The lowest BCUT2D eigenvalue weighted by atomic mass is 10.1. The number of carbonyl (C=O) groups is 2. The highest BCUT2D eigenvalue weighted by Crippen LogP contribution is 2.37. The van der Waals surface area contributed by atoms with Crippen LogP contribution in [0.2, 0.25) is 0 Å². The van der Waals surface area contributed by atoms with Gasteiger partial charge in [-0.05, 0) is 31.7 Å². The molecule has 1 unspecified atom stereocenters. The van der Waals surface area contributed by atoms with Crippen LogP contribution in [-0.2, 0) is 9.53 Å². The van der Waals surface area contributed by atoms with Crippen molar-refractivity contribution < 1.29 is 14.3 Å². The molecule has 98 valence electrons. The van der Waals surface area contributed by atoms with Crippen LogP contribution in [0.3, 0.4) is 0 Å². The molecular formula is C13H18N2O3. The minimum Gasteiger partial charge on any atom is -0.462 e. The predicted molar refractivity (Wildman–Crippen MR) is 67.3 cm³/mol. The third-order valence-corrected chi connectivity index (χ3v) is 3.23. The van der Waals surface area contributed by atoms with E-state index in [2.05, 4.69) is 10.3 Å². The summed E-state index contributed by atoms with van der Waals surface area (Å²) in [5.74, 6) is 0.430. The highest BCUT2D eigenvalue weighted by Gasteiger charge is 2.33. The van der Waals surface area contributed by atoms with Crippen molar-refractivity contribution >= 4 is 17.7 Å². The van der Waals surface area contributed by atoms with Crippen molar-refractivity contribution in [2.45, 2.75) is 26.7 Å². The average molecular weight is 250 g/mol. The Labute approximate surface area is 106 Å². The topological polar surface area (TPSA) is 71.2 Å². The first-order valence-corrected chi connectivity index (χ1v) is 6.28. The maximum Gasteiger partial charge on any atom is 0.341 e. The number of hydrogen-bond acceptors (Lipinski definition) is 3. The van der Waals surface area contributed by atoms with Gasteiger partial charge in [0.25, 0.3) is 0 Å². The number of nitrogens with one attached hydrogen (secondary N) is 2. The third-order valence-electron chi connectivity index (χ3n) is 3.23. The number of carbonyl (C=O) groups excluding carboxylic acids is 2. The van der Waals surface area contributed by atoms with Gasteiger partial charge in [-0.3, -0.25) is 4.79 Å². The Balaban J connectivity index is 2.02. The van der Waals surface area contributed by atoms with Crippen LogP contribution in [0.1, 0.15) is 37.0 Å². The van der Waals surface area contributed by atoms with Crippen molar-refractivity contribution in [1.82, 2.24) is 4.98 Å². The zero-order valence-corrected chi connectivity index (χ0v) is 10.7. The molecule has 2 rings (SSSR count). The predicted octanol–water partition coefficient (Wildman–Crippen LogP) is 2.18. The van der Waals surface area contributed by atoms with Crippen molar-refractivity contribution in [3.8, 4) is 0 Å². The number of aromatic nitrogens is 1. The fourth-order valence-electron chi connectivity index (χ4n) is 1.90. The first kappa shape index (κ1) is 12.7. The second kappa shape index (κ2) is 5.25. The molecule has 0 radical (unpaired) electrons. The van der Waals surface area contributed by atoms with E-state index in [0.717, 1.165) is 12.8 Å². The molecule has 5 nitrogen and oxygen atoms in total. The molecule has 1 heterocycles. The van der Waals surface area contributed by atoms with E-state index < -0.39 is 5.97 Å². The van der Waals surface area contributed by atoms with E-state index in [0.29, 0.717) is 23.9 Å². The number of hydrogen-bond donors (Lipinski definition) is 2.